The topological polar surface area (TPSA) is 81.0 Å². The molecule has 0 aliphatic carbocycles. The van der Waals surface area contributed by atoms with Gasteiger partial charge in [0.25, 0.3) is 0 Å². The van der Waals surface area contributed by atoms with Crippen LogP contribution in [0.15, 0.2) is 24.3 Å². The van der Waals surface area contributed by atoms with Gasteiger partial charge >= 0.3 is 29.6 Å². The van der Waals surface area contributed by atoms with Crippen LogP contribution in [0.2, 0.25) is 0 Å². The summed E-state index contributed by atoms with van der Waals surface area (Å²) in [6, 6.07) is 8.49. The van der Waals surface area contributed by atoms with Gasteiger partial charge in [-0.2, -0.15) is 5.26 Å². The van der Waals surface area contributed by atoms with Crippen molar-refractivity contribution in [2.24, 2.45) is 0 Å². The fraction of sp³-hybridized carbons (Fsp3) is 0.125. The van der Waals surface area contributed by atoms with Crippen LogP contribution in [0.5, 0.6) is 0 Å². The van der Waals surface area contributed by atoms with E-state index >= 15 is 0 Å². The molecular weight excluding hydrogens is 245 g/mol. The van der Waals surface area contributed by atoms with Crippen molar-refractivity contribution in [2.75, 3.05) is 0 Å². The number of hydrogen-bond acceptors (Lipinski definition) is 5. The maximum Gasteiger partial charge on any atom is 1.00 e. The molecule has 7 heteroatoms. The van der Waals surface area contributed by atoms with Crippen LogP contribution in [0.4, 0.5) is 0 Å². The van der Waals surface area contributed by atoms with Gasteiger partial charge in [-0.05, 0) is 22.4 Å². The van der Waals surface area contributed by atoms with E-state index in [9.17, 15) is 13.0 Å². The first-order chi connectivity index (χ1) is 6.53. The van der Waals surface area contributed by atoms with Crippen LogP contribution in [0.25, 0.3) is 0 Å². The number of nitriles is 1. The van der Waals surface area contributed by atoms with Crippen molar-refractivity contribution in [3.63, 3.8) is 0 Å². The monoisotopic (exact) mass is 251 g/mol. The summed E-state index contributed by atoms with van der Waals surface area (Å²) in [6.45, 7) is 0. The number of hydrogen-bond donors (Lipinski definition) is 0. The van der Waals surface area contributed by atoms with Crippen molar-refractivity contribution in [3.05, 3.63) is 35.4 Å². The quantitative estimate of drug-likeness (QED) is 0.362. The molecule has 0 radical (unpaired) electrons. The van der Waals surface area contributed by atoms with Crippen LogP contribution in [0.3, 0.4) is 0 Å². The summed E-state index contributed by atoms with van der Waals surface area (Å²) in [4.78, 5) is 0. The minimum Gasteiger partial charge on any atom is -0.739 e. The second-order valence-electron chi connectivity index (χ2n) is 2.44. The first-order valence-electron chi connectivity index (χ1n) is 3.61. The summed E-state index contributed by atoms with van der Waals surface area (Å²) in [5.41, 5.74) is 0.947. The molecule has 0 fully saturated rings. The van der Waals surface area contributed by atoms with E-state index in [4.69, 9.17) is 5.26 Å². The van der Waals surface area contributed by atoms with E-state index in [0.29, 0.717) is 11.1 Å². The van der Waals surface area contributed by atoms with E-state index in [0.717, 1.165) is 0 Å². The van der Waals surface area contributed by atoms with Gasteiger partial charge in [0.15, 0.2) is 0 Å². The van der Waals surface area contributed by atoms with Crippen molar-refractivity contribution >= 4 is 19.9 Å². The van der Waals surface area contributed by atoms with Crippen molar-refractivity contribution in [1.29, 1.82) is 5.26 Å². The van der Waals surface area contributed by atoms with E-state index in [1.807, 2.05) is 6.07 Å². The number of benzene rings is 1. The standard InChI is InChI=1S/C8H7NO3S2.Na/c9-5-7-3-1-2-4-8(7)6-13-14(10,11)12;/h1-4H,6H2,(H,10,11,12);/q;+1/p-1. The second-order valence-corrected chi connectivity index (χ2v) is 5.71. The third-order valence-electron chi connectivity index (χ3n) is 1.50. The number of nitrogens with zero attached hydrogens (tertiary/aromatic N) is 1. The van der Waals surface area contributed by atoms with Crippen LogP contribution in [0.1, 0.15) is 11.1 Å². The Morgan fingerprint density at radius 1 is 1.40 bits per heavy atom. The molecule has 74 valence electrons. The minimum absolute atomic E-state index is 0. The fourth-order valence-electron chi connectivity index (χ4n) is 0.891. The molecule has 0 saturated carbocycles. The molecule has 1 aromatic carbocycles. The molecule has 0 bridgehead atoms. The van der Waals surface area contributed by atoms with Crippen molar-refractivity contribution in [2.45, 2.75) is 5.75 Å². The van der Waals surface area contributed by atoms with Gasteiger partial charge in [-0.3, -0.25) is 0 Å². The zero-order chi connectivity index (χ0) is 10.6. The van der Waals surface area contributed by atoms with Gasteiger partial charge in [0, 0.05) is 5.75 Å². The second kappa shape index (κ2) is 6.53. The van der Waals surface area contributed by atoms with Crippen LogP contribution >= 0.6 is 10.8 Å². The van der Waals surface area contributed by atoms with Crippen LogP contribution < -0.4 is 29.6 Å². The Labute approximate surface area is 114 Å². The summed E-state index contributed by atoms with van der Waals surface area (Å²) < 4.78 is 31.0. The van der Waals surface area contributed by atoms with Crippen molar-refractivity contribution < 1.29 is 42.5 Å². The van der Waals surface area contributed by atoms with Gasteiger partial charge in [-0.15, -0.1) is 0 Å². The average molecular weight is 251 g/mol. The molecule has 0 heterocycles. The van der Waals surface area contributed by atoms with Gasteiger partial charge < -0.3 is 4.55 Å². The molecule has 1 aromatic rings. The Morgan fingerprint density at radius 2 is 2.00 bits per heavy atom. The third kappa shape index (κ3) is 5.56. The maximum absolute atomic E-state index is 10.3. The predicted molar refractivity (Wildman–Crippen MR) is 52.1 cm³/mol. The summed E-state index contributed by atoms with van der Waals surface area (Å²) in [7, 11) is -4.01. The number of rotatable bonds is 3. The van der Waals surface area contributed by atoms with E-state index in [1.54, 1.807) is 24.3 Å². The van der Waals surface area contributed by atoms with E-state index in [-0.39, 0.29) is 46.1 Å². The molecule has 0 N–H and O–H groups in total. The third-order valence-corrected chi connectivity index (χ3v) is 3.43. The first kappa shape index (κ1) is 15.0. The fourth-order valence-corrected chi connectivity index (χ4v) is 2.23. The summed E-state index contributed by atoms with van der Waals surface area (Å²) >= 11 is 0. The Hall–Kier alpha value is -0.0300. The summed E-state index contributed by atoms with van der Waals surface area (Å²) in [5.74, 6) is 0.00949. The van der Waals surface area contributed by atoms with E-state index in [2.05, 4.69) is 0 Å². The van der Waals surface area contributed by atoms with Crippen LogP contribution in [-0.4, -0.2) is 13.0 Å². The van der Waals surface area contributed by atoms with Crippen LogP contribution in [-0.2, 0) is 14.9 Å². The molecule has 0 amide bonds. The molecule has 0 atom stereocenters. The smallest absolute Gasteiger partial charge is 0.739 e. The average Bonchev–Trinajstić information content (AvgIpc) is 2.14. The summed E-state index contributed by atoms with van der Waals surface area (Å²) in [6.07, 6.45) is 0. The first-order valence-corrected chi connectivity index (χ1v) is 6.52. The molecule has 0 spiro atoms. The molecule has 0 unspecified atom stereocenters. The molecule has 0 aromatic heterocycles. The Bertz CT molecular complexity index is 467. The Morgan fingerprint density at radius 3 is 2.53 bits per heavy atom. The molecule has 0 aliphatic heterocycles. The Kier molecular flexibility index (Phi) is 6.52. The van der Waals surface area contributed by atoms with E-state index in [1.165, 1.54) is 0 Å². The molecule has 0 aliphatic rings. The summed E-state index contributed by atoms with van der Waals surface area (Å²) in [5, 5.41) is 8.66. The van der Waals surface area contributed by atoms with E-state index < -0.39 is 9.15 Å². The normalized spacial score (nSPS) is 10.1. The SMILES string of the molecule is N#Cc1ccccc1CSS(=O)(=O)[O-].[Na+]. The molecule has 4 nitrogen and oxygen atoms in total. The molecule has 15 heavy (non-hydrogen) atoms. The molecule has 0 saturated heterocycles. The zero-order valence-corrected chi connectivity index (χ0v) is 11.6. The molecule has 1 rings (SSSR count). The largest absolute Gasteiger partial charge is 1.00 e. The van der Waals surface area contributed by atoms with Gasteiger partial charge in [0.1, 0.15) is 9.15 Å². The van der Waals surface area contributed by atoms with Crippen molar-refractivity contribution in [3.8, 4) is 6.07 Å². The van der Waals surface area contributed by atoms with Gasteiger partial charge in [0.05, 0.1) is 11.6 Å². The minimum atomic E-state index is -4.29. The molecular formula is C8H6NNaO3S2. The van der Waals surface area contributed by atoms with Gasteiger partial charge in [-0.1, -0.05) is 18.2 Å². The van der Waals surface area contributed by atoms with Crippen molar-refractivity contribution in [1.82, 2.24) is 0 Å². The maximum atomic E-state index is 10.3. The van der Waals surface area contributed by atoms with Gasteiger partial charge in [0.2, 0.25) is 0 Å². The zero-order valence-electron chi connectivity index (χ0n) is 8.00. The van der Waals surface area contributed by atoms with Crippen LogP contribution in [0, 0.1) is 11.3 Å². The Balaban J connectivity index is 0.00000196. The predicted octanol–water partition coefficient (Wildman–Crippen LogP) is -1.74. The van der Waals surface area contributed by atoms with Gasteiger partial charge in [-0.25, -0.2) is 8.42 Å².